The Kier molecular flexibility index (Phi) is 1.30. The number of hydrogen-bond acceptors (Lipinski definition) is 0. The Hall–Kier alpha value is -0.0900. The minimum absolute atomic E-state index is 1.22. The van der Waals surface area contributed by atoms with Gasteiger partial charge in [0.25, 0.3) is 0 Å². The van der Waals surface area contributed by atoms with Gasteiger partial charge >= 0.3 is 0 Å². The summed E-state index contributed by atoms with van der Waals surface area (Å²) >= 11 is 0. The van der Waals surface area contributed by atoms with Gasteiger partial charge in [-0.3, -0.25) is 0 Å². The van der Waals surface area contributed by atoms with E-state index < -0.39 is 0 Å². The lowest BCUT2D eigenvalue weighted by atomic mass is 10.3. The zero-order chi connectivity index (χ0) is 5.28. The average molecular weight is 112 g/mol. The van der Waals surface area contributed by atoms with E-state index in [2.05, 4.69) is 19.9 Å². The molecule has 0 aromatic carbocycles. The zero-order valence-electron chi connectivity index (χ0n) is 4.73. The van der Waals surface area contributed by atoms with Crippen LogP contribution < -0.4 is 0 Å². The van der Waals surface area contributed by atoms with Crippen LogP contribution in [0.5, 0.6) is 0 Å². The van der Waals surface area contributed by atoms with Crippen molar-refractivity contribution in [3.63, 3.8) is 0 Å². The summed E-state index contributed by atoms with van der Waals surface area (Å²) in [6.45, 7) is 4.38. The molecule has 0 amide bonds. The van der Waals surface area contributed by atoms with Gasteiger partial charge in [-0.15, -0.1) is 0 Å². The first-order valence-corrected chi connectivity index (χ1v) is 3.39. The Morgan fingerprint density at radius 2 is 2.29 bits per heavy atom. The van der Waals surface area contributed by atoms with Gasteiger partial charge in [-0.25, -0.2) is 0 Å². The molecule has 1 aliphatic rings. The molecule has 1 rings (SSSR count). The van der Waals surface area contributed by atoms with Gasteiger partial charge in [0.15, 0.2) is 0 Å². The predicted molar refractivity (Wildman–Crippen MR) is 36.0 cm³/mol. The van der Waals surface area contributed by atoms with Crippen molar-refractivity contribution in [1.82, 2.24) is 0 Å². The van der Waals surface area contributed by atoms with Gasteiger partial charge in [0.2, 0.25) is 0 Å². The number of hydrogen-bond donors (Lipinski definition) is 0. The van der Waals surface area contributed by atoms with Crippen molar-refractivity contribution in [3.8, 4) is 0 Å². The first-order valence-electron chi connectivity index (χ1n) is 2.50. The molecular formula is C6H9P. The monoisotopic (exact) mass is 112 g/mol. The van der Waals surface area contributed by atoms with E-state index in [1.807, 2.05) is 0 Å². The van der Waals surface area contributed by atoms with Crippen molar-refractivity contribution < 1.29 is 0 Å². The fourth-order valence-corrected chi connectivity index (χ4v) is 1.66. The molecule has 1 heterocycles. The molecule has 0 aromatic heterocycles. The molecule has 0 saturated heterocycles. The van der Waals surface area contributed by atoms with Crippen LogP contribution in [0, 0.1) is 0 Å². The Labute approximate surface area is 46.0 Å². The summed E-state index contributed by atoms with van der Waals surface area (Å²) in [5.74, 6) is 0. The summed E-state index contributed by atoms with van der Waals surface area (Å²) in [6, 6.07) is 0. The molecular weight excluding hydrogens is 103 g/mol. The first kappa shape index (κ1) is 5.05. The van der Waals surface area contributed by atoms with Crippen molar-refractivity contribution in [2.45, 2.75) is 20.3 Å². The molecule has 0 bridgehead atoms. The summed E-state index contributed by atoms with van der Waals surface area (Å²) < 4.78 is 0. The Morgan fingerprint density at radius 1 is 1.57 bits per heavy atom. The summed E-state index contributed by atoms with van der Waals surface area (Å²) in [7, 11) is 1.47. The molecule has 0 spiro atoms. The Morgan fingerprint density at radius 3 is 2.43 bits per heavy atom. The van der Waals surface area contributed by atoms with E-state index >= 15 is 0 Å². The van der Waals surface area contributed by atoms with Crippen molar-refractivity contribution in [1.29, 1.82) is 0 Å². The Bertz CT molecular complexity index is 131. The van der Waals surface area contributed by atoms with Crippen molar-refractivity contribution in [2.24, 2.45) is 0 Å². The molecule has 0 radical (unpaired) electrons. The van der Waals surface area contributed by atoms with Gasteiger partial charge in [0, 0.05) is 0 Å². The van der Waals surface area contributed by atoms with E-state index in [-0.39, 0.29) is 0 Å². The lowest BCUT2D eigenvalue weighted by molar-refractivity contribution is 1.47. The normalized spacial score (nSPS) is 21.4. The van der Waals surface area contributed by atoms with Crippen LogP contribution in [0.3, 0.4) is 0 Å². The third-order valence-corrected chi connectivity index (χ3v) is 2.16. The van der Waals surface area contributed by atoms with E-state index in [0.29, 0.717) is 0 Å². The molecule has 38 valence electrons. The second kappa shape index (κ2) is 1.79. The maximum absolute atomic E-state index is 2.29. The number of rotatable bonds is 0. The molecule has 1 aliphatic heterocycles. The summed E-state index contributed by atoms with van der Waals surface area (Å²) in [6.07, 6.45) is 3.50. The summed E-state index contributed by atoms with van der Waals surface area (Å²) in [5.41, 5.74) is 0. The second-order valence-electron chi connectivity index (χ2n) is 1.90. The zero-order valence-corrected chi connectivity index (χ0v) is 5.63. The van der Waals surface area contributed by atoms with Crippen LogP contribution in [0.25, 0.3) is 0 Å². The third kappa shape index (κ3) is 1.14. The maximum Gasteiger partial charge on any atom is -0.00858 e. The highest BCUT2D eigenvalue weighted by molar-refractivity contribution is 7.45. The largest absolute Gasteiger partial charge is 0.0744 e. The molecule has 7 heavy (non-hydrogen) atoms. The highest BCUT2D eigenvalue weighted by atomic mass is 31.1. The second-order valence-corrected chi connectivity index (χ2v) is 3.59. The fraction of sp³-hybridized carbons (Fsp3) is 0.500. The van der Waals surface area contributed by atoms with Crippen molar-refractivity contribution in [3.05, 3.63) is 11.4 Å². The van der Waals surface area contributed by atoms with Crippen LogP contribution in [0.2, 0.25) is 0 Å². The predicted octanol–water partition coefficient (Wildman–Crippen LogP) is 2.43. The van der Waals surface area contributed by atoms with Gasteiger partial charge in [-0.05, 0) is 30.9 Å². The molecule has 0 aliphatic carbocycles. The smallest absolute Gasteiger partial charge is 0.00858 e. The minimum atomic E-state index is 1.22. The molecule has 0 unspecified atom stereocenters. The standard InChI is InChI=1S/C6H9P/c1-5-3-4-6(2)7-5/h3H,4H2,1-2H3. The van der Waals surface area contributed by atoms with E-state index in [0.717, 1.165) is 0 Å². The van der Waals surface area contributed by atoms with E-state index in [4.69, 9.17) is 0 Å². The maximum atomic E-state index is 2.29. The molecule has 0 nitrogen and oxygen atoms in total. The highest BCUT2D eigenvalue weighted by Crippen LogP contribution is 2.22. The lowest BCUT2D eigenvalue weighted by Gasteiger charge is -1.78. The van der Waals surface area contributed by atoms with Crippen LogP contribution >= 0.6 is 8.20 Å². The summed E-state index contributed by atoms with van der Waals surface area (Å²) in [4.78, 5) is 0. The summed E-state index contributed by atoms with van der Waals surface area (Å²) in [5, 5.41) is 3.09. The third-order valence-electron chi connectivity index (χ3n) is 1.06. The SMILES string of the molecule is CC1=CCC(C)=P1. The average Bonchev–Trinajstić information content (AvgIpc) is 1.87. The fourth-order valence-electron chi connectivity index (χ4n) is 0.688. The highest BCUT2D eigenvalue weighted by Gasteiger charge is 1.95. The van der Waals surface area contributed by atoms with Gasteiger partial charge in [0.05, 0.1) is 0 Å². The molecule has 0 N–H and O–H groups in total. The lowest BCUT2D eigenvalue weighted by Crippen LogP contribution is -1.74. The van der Waals surface area contributed by atoms with Crippen LogP contribution in [0.15, 0.2) is 11.4 Å². The topological polar surface area (TPSA) is 0 Å². The van der Waals surface area contributed by atoms with Crippen LogP contribution in [-0.2, 0) is 0 Å². The van der Waals surface area contributed by atoms with Crippen molar-refractivity contribution in [2.75, 3.05) is 0 Å². The van der Waals surface area contributed by atoms with E-state index in [1.54, 1.807) is 5.29 Å². The first-order chi connectivity index (χ1) is 3.29. The van der Waals surface area contributed by atoms with Crippen LogP contribution in [-0.4, -0.2) is 5.29 Å². The van der Waals surface area contributed by atoms with E-state index in [9.17, 15) is 0 Å². The molecule has 1 heteroatoms. The molecule has 0 aromatic rings. The van der Waals surface area contributed by atoms with Gasteiger partial charge in [-0.1, -0.05) is 14.3 Å². The van der Waals surface area contributed by atoms with Gasteiger partial charge in [-0.2, -0.15) is 0 Å². The quantitative estimate of drug-likeness (QED) is 0.422. The van der Waals surface area contributed by atoms with E-state index in [1.165, 1.54) is 19.9 Å². The van der Waals surface area contributed by atoms with Crippen molar-refractivity contribution >= 4 is 13.5 Å². The molecule has 0 saturated carbocycles. The van der Waals surface area contributed by atoms with Gasteiger partial charge < -0.3 is 0 Å². The Balaban J connectivity index is 2.69. The van der Waals surface area contributed by atoms with Crippen LogP contribution in [0.1, 0.15) is 20.3 Å². The van der Waals surface area contributed by atoms with Crippen LogP contribution in [0.4, 0.5) is 0 Å². The van der Waals surface area contributed by atoms with Gasteiger partial charge in [0.1, 0.15) is 0 Å². The number of allylic oxidation sites excluding steroid dienone is 2. The molecule has 0 fully saturated rings. The molecule has 0 atom stereocenters. The minimum Gasteiger partial charge on any atom is -0.0744 e.